The molecule has 1 aliphatic rings. The van der Waals surface area contributed by atoms with E-state index in [1.165, 1.54) is 6.07 Å². The van der Waals surface area contributed by atoms with Crippen LogP contribution < -0.4 is 14.8 Å². The zero-order valence-corrected chi connectivity index (χ0v) is 20.1. The van der Waals surface area contributed by atoms with Crippen molar-refractivity contribution in [3.63, 3.8) is 0 Å². The number of hydrogen-bond donors (Lipinski definition) is 2. The maximum Gasteiger partial charge on any atom is 0.238 e. The Morgan fingerprint density at radius 2 is 1.91 bits per heavy atom. The summed E-state index contributed by atoms with van der Waals surface area (Å²) in [6, 6.07) is 16.1. The number of ether oxygens (including phenoxy) is 1. The highest BCUT2D eigenvalue weighted by Crippen LogP contribution is 2.38. The lowest BCUT2D eigenvalue weighted by molar-refractivity contribution is 0.288. The summed E-state index contributed by atoms with van der Waals surface area (Å²) in [6.45, 7) is 0.929. The van der Waals surface area contributed by atoms with Gasteiger partial charge in [0, 0.05) is 34.9 Å². The monoisotopic (exact) mass is 506 g/mol. The van der Waals surface area contributed by atoms with Gasteiger partial charge in [-0.25, -0.2) is 13.6 Å². The Kier molecular flexibility index (Phi) is 7.16. The minimum absolute atomic E-state index is 0.0532. The average molecular weight is 507 g/mol. The fourth-order valence-corrected chi connectivity index (χ4v) is 5.39. The summed E-state index contributed by atoms with van der Waals surface area (Å²) in [5.41, 5.74) is 3.74. The number of rotatable bonds is 7. The van der Waals surface area contributed by atoms with Crippen LogP contribution in [0.3, 0.4) is 0 Å². The van der Waals surface area contributed by atoms with Crippen molar-refractivity contribution in [2.24, 2.45) is 5.14 Å². The van der Waals surface area contributed by atoms with Crippen molar-refractivity contribution in [2.75, 3.05) is 24.7 Å². The molecule has 0 fully saturated rings. The van der Waals surface area contributed by atoms with Gasteiger partial charge in [0.1, 0.15) is 5.75 Å². The number of aliphatic hydroxyl groups excluding tert-OH is 1. The van der Waals surface area contributed by atoms with Crippen LogP contribution in [-0.4, -0.2) is 33.3 Å². The number of aryl methyl sites for hydroxylation is 1. The number of benzene rings is 3. The summed E-state index contributed by atoms with van der Waals surface area (Å²) in [4.78, 5) is 1.76. The smallest absolute Gasteiger partial charge is 0.238 e. The second kappa shape index (κ2) is 9.91. The normalized spacial score (nSPS) is 13.3. The van der Waals surface area contributed by atoms with Crippen molar-refractivity contribution in [3.8, 4) is 16.9 Å². The third kappa shape index (κ3) is 5.28. The maximum atomic E-state index is 12.4. The highest BCUT2D eigenvalue weighted by Gasteiger charge is 2.23. The van der Waals surface area contributed by atoms with Gasteiger partial charge in [0.2, 0.25) is 10.0 Å². The molecule has 9 heteroatoms. The van der Waals surface area contributed by atoms with Gasteiger partial charge in [0.15, 0.2) is 0 Å². The third-order valence-corrected chi connectivity index (χ3v) is 7.28. The molecule has 0 amide bonds. The van der Waals surface area contributed by atoms with Gasteiger partial charge >= 0.3 is 0 Å². The minimum atomic E-state index is -4.04. The number of sulfonamides is 1. The number of halogens is 2. The van der Waals surface area contributed by atoms with Gasteiger partial charge in [-0.2, -0.15) is 0 Å². The van der Waals surface area contributed by atoms with Gasteiger partial charge in [-0.15, -0.1) is 0 Å². The second-order valence-electron chi connectivity index (χ2n) is 7.85. The lowest BCUT2D eigenvalue weighted by Crippen LogP contribution is -2.28. The number of fused-ring (bicyclic) bond motifs is 1. The first-order valence-electron chi connectivity index (χ1n) is 10.5. The summed E-state index contributed by atoms with van der Waals surface area (Å²) in [6.07, 6.45) is 1.84. The number of anilines is 1. The van der Waals surface area contributed by atoms with Crippen molar-refractivity contribution >= 4 is 38.9 Å². The molecule has 6 nitrogen and oxygen atoms in total. The van der Waals surface area contributed by atoms with Crippen LogP contribution in [0.1, 0.15) is 17.5 Å². The van der Waals surface area contributed by atoms with Gasteiger partial charge in [0.25, 0.3) is 0 Å². The van der Waals surface area contributed by atoms with E-state index >= 15 is 0 Å². The predicted molar refractivity (Wildman–Crippen MR) is 132 cm³/mol. The van der Waals surface area contributed by atoms with Gasteiger partial charge in [-0.3, -0.25) is 0 Å². The van der Waals surface area contributed by atoms with E-state index < -0.39 is 10.0 Å². The number of primary sulfonamides is 1. The quantitative estimate of drug-likeness (QED) is 0.487. The molecular formula is C24H24Cl2N2O4S. The van der Waals surface area contributed by atoms with E-state index in [0.717, 1.165) is 35.4 Å². The fourth-order valence-electron chi connectivity index (χ4n) is 4.05. The molecule has 0 bridgehead atoms. The predicted octanol–water partition coefficient (Wildman–Crippen LogP) is 4.63. The number of aliphatic hydroxyl groups is 1. The van der Waals surface area contributed by atoms with E-state index in [4.69, 9.17) is 33.1 Å². The molecular weight excluding hydrogens is 483 g/mol. The van der Waals surface area contributed by atoms with Crippen LogP contribution in [0.15, 0.2) is 59.5 Å². The molecule has 4 rings (SSSR count). The molecule has 0 atom stereocenters. The van der Waals surface area contributed by atoms with Gasteiger partial charge in [0.05, 0.1) is 23.1 Å². The Morgan fingerprint density at radius 1 is 1.09 bits per heavy atom. The van der Waals surface area contributed by atoms with Gasteiger partial charge in [-0.05, 0) is 60.4 Å². The Hall–Kier alpha value is -2.29. The Bertz CT molecular complexity index is 1280. The number of nitrogens with zero attached hydrogens (tertiary/aromatic N) is 1. The molecule has 3 aromatic carbocycles. The second-order valence-corrected chi connectivity index (χ2v) is 10.2. The fraction of sp³-hybridized carbons (Fsp3) is 0.250. The Morgan fingerprint density at radius 3 is 2.64 bits per heavy atom. The summed E-state index contributed by atoms with van der Waals surface area (Å²) < 4.78 is 30.5. The van der Waals surface area contributed by atoms with Crippen LogP contribution in [0.5, 0.6) is 5.75 Å². The largest absolute Gasteiger partial charge is 0.493 e. The van der Waals surface area contributed by atoms with E-state index in [2.05, 4.69) is 0 Å². The van der Waals surface area contributed by atoms with E-state index in [0.29, 0.717) is 27.8 Å². The minimum Gasteiger partial charge on any atom is -0.493 e. The molecule has 33 heavy (non-hydrogen) atoms. The summed E-state index contributed by atoms with van der Waals surface area (Å²) >= 11 is 13.0. The topological polar surface area (TPSA) is 92.9 Å². The third-order valence-electron chi connectivity index (χ3n) is 5.62. The molecule has 1 heterocycles. The standard InChI is InChI=1S/C24H24Cl2N2O4S/c25-18-4-1-5-19(14-18)28(10-11-29)15-21-23(33(27,30)31)9-7-20(24(21)26)16-6-8-22-17(13-16)3-2-12-32-22/h1,4-9,13-14,29H,2-3,10-12,15H2,(H2,27,30,31). The molecule has 0 saturated carbocycles. The van der Waals surface area contributed by atoms with Crippen LogP contribution in [-0.2, 0) is 23.0 Å². The zero-order chi connectivity index (χ0) is 23.6. The zero-order valence-electron chi connectivity index (χ0n) is 17.8. The Balaban J connectivity index is 1.82. The van der Waals surface area contributed by atoms with E-state index in [-0.39, 0.29) is 24.6 Å². The van der Waals surface area contributed by atoms with Crippen molar-refractivity contribution < 1.29 is 18.3 Å². The van der Waals surface area contributed by atoms with Crippen LogP contribution in [0, 0.1) is 0 Å². The summed E-state index contributed by atoms with van der Waals surface area (Å²) in [7, 11) is -4.04. The van der Waals surface area contributed by atoms with Crippen LogP contribution >= 0.6 is 23.2 Å². The summed E-state index contributed by atoms with van der Waals surface area (Å²) in [5, 5.41) is 16.0. The van der Waals surface area contributed by atoms with Crippen molar-refractivity contribution in [1.82, 2.24) is 0 Å². The molecule has 0 aromatic heterocycles. The van der Waals surface area contributed by atoms with Crippen LogP contribution in [0.2, 0.25) is 10.0 Å². The molecule has 0 spiro atoms. The molecule has 1 aliphatic heterocycles. The van der Waals surface area contributed by atoms with Crippen molar-refractivity contribution in [1.29, 1.82) is 0 Å². The molecule has 0 unspecified atom stereocenters. The first-order chi connectivity index (χ1) is 15.8. The number of nitrogens with two attached hydrogens (primary N) is 1. The summed E-state index contributed by atoms with van der Waals surface area (Å²) in [5.74, 6) is 0.859. The van der Waals surface area contributed by atoms with E-state index in [1.807, 2.05) is 29.2 Å². The molecule has 3 aromatic rings. The lowest BCUT2D eigenvalue weighted by Gasteiger charge is -2.26. The average Bonchev–Trinajstić information content (AvgIpc) is 2.78. The van der Waals surface area contributed by atoms with Gasteiger partial charge in [-0.1, -0.05) is 41.4 Å². The van der Waals surface area contributed by atoms with Crippen LogP contribution in [0.4, 0.5) is 5.69 Å². The molecule has 0 saturated heterocycles. The number of hydrogen-bond acceptors (Lipinski definition) is 5. The first kappa shape index (κ1) is 23.9. The highest BCUT2D eigenvalue weighted by molar-refractivity contribution is 7.89. The van der Waals surface area contributed by atoms with E-state index in [1.54, 1.807) is 24.3 Å². The molecule has 3 N–H and O–H groups in total. The van der Waals surface area contributed by atoms with E-state index in [9.17, 15) is 13.5 Å². The molecule has 0 radical (unpaired) electrons. The highest BCUT2D eigenvalue weighted by atomic mass is 35.5. The van der Waals surface area contributed by atoms with Crippen LogP contribution in [0.25, 0.3) is 11.1 Å². The first-order valence-corrected chi connectivity index (χ1v) is 12.8. The Labute approximate surface area is 203 Å². The lowest BCUT2D eigenvalue weighted by atomic mass is 9.97. The molecule has 174 valence electrons. The van der Waals surface area contributed by atoms with Crippen molar-refractivity contribution in [2.45, 2.75) is 24.3 Å². The van der Waals surface area contributed by atoms with Crippen molar-refractivity contribution in [3.05, 3.63) is 75.8 Å². The molecule has 0 aliphatic carbocycles. The SMILES string of the molecule is NS(=O)(=O)c1ccc(-c2ccc3c(c2)CCCO3)c(Cl)c1CN(CCO)c1cccc(Cl)c1. The van der Waals surface area contributed by atoms with Gasteiger partial charge < -0.3 is 14.7 Å². The maximum absolute atomic E-state index is 12.4.